The molecule has 1 unspecified atom stereocenters. The number of benzene rings is 1. The largest absolute Gasteiger partial charge is 0.465 e. The third-order valence-electron chi connectivity index (χ3n) is 4.41. The highest BCUT2D eigenvalue weighted by atomic mass is 16.4. The van der Waals surface area contributed by atoms with E-state index in [0.29, 0.717) is 19.4 Å². The topological polar surface area (TPSA) is 84.4 Å². The zero-order valence-corrected chi connectivity index (χ0v) is 15.9. The third kappa shape index (κ3) is 4.31. The van der Waals surface area contributed by atoms with E-state index in [-0.39, 0.29) is 12.1 Å². The molecule has 3 N–H and O–H groups in total. The molecule has 0 saturated heterocycles. The van der Waals surface area contributed by atoms with Crippen LogP contribution in [0.4, 0.5) is 4.79 Å². The zero-order chi connectivity index (χ0) is 18.8. The molecule has 138 valence electrons. The van der Waals surface area contributed by atoms with Crippen LogP contribution in [0.25, 0.3) is 11.0 Å². The first-order valence-electron chi connectivity index (χ1n) is 8.86. The Morgan fingerprint density at radius 1 is 1.32 bits per heavy atom. The van der Waals surface area contributed by atoms with E-state index in [1.54, 1.807) is 0 Å². The predicted octanol–water partition coefficient (Wildman–Crippen LogP) is 4.18. The van der Waals surface area contributed by atoms with E-state index in [2.05, 4.69) is 24.5 Å². The average molecular weight is 346 g/mol. The lowest BCUT2D eigenvalue weighted by Gasteiger charge is -2.33. The maximum Gasteiger partial charge on any atom is 0.407 e. The van der Waals surface area contributed by atoms with E-state index in [9.17, 15) is 9.90 Å². The van der Waals surface area contributed by atoms with Gasteiger partial charge in [-0.1, -0.05) is 12.1 Å². The highest BCUT2D eigenvalue weighted by molar-refractivity contribution is 5.76. The number of nitrogens with zero attached hydrogens (tertiary/aromatic N) is 3. The number of nitrogens with two attached hydrogens (primary N) is 1. The summed E-state index contributed by atoms with van der Waals surface area (Å²) in [6, 6.07) is 8.08. The fourth-order valence-corrected chi connectivity index (χ4v) is 3.18. The molecule has 1 amide bonds. The first kappa shape index (κ1) is 19.2. The standard InChI is InChI=1S/C19H30N4O2/c1-13(2)23-16-11-7-6-10-15(16)21-17(23)14(20)9-8-12-22(18(24)25)19(3,4)5/h6-7,10-11,13-14H,8-9,12,20H2,1-5H3,(H,24,25). The van der Waals surface area contributed by atoms with Crippen molar-refractivity contribution in [1.82, 2.24) is 14.5 Å². The second kappa shape index (κ2) is 7.44. The molecule has 1 heterocycles. The summed E-state index contributed by atoms with van der Waals surface area (Å²) < 4.78 is 2.18. The van der Waals surface area contributed by atoms with E-state index in [1.165, 1.54) is 4.90 Å². The fourth-order valence-electron chi connectivity index (χ4n) is 3.18. The van der Waals surface area contributed by atoms with Crippen molar-refractivity contribution >= 4 is 17.1 Å². The molecule has 0 spiro atoms. The van der Waals surface area contributed by atoms with Crippen molar-refractivity contribution in [3.8, 4) is 0 Å². The molecular weight excluding hydrogens is 316 g/mol. The van der Waals surface area contributed by atoms with Crippen molar-refractivity contribution in [3.63, 3.8) is 0 Å². The molecule has 2 aromatic rings. The quantitative estimate of drug-likeness (QED) is 0.822. The first-order valence-corrected chi connectivity index (χ1v) is 8.86. The van der Waals surface area contributed by atoms with Gasteiger partial charge < -0.3 is 20.3 Å². The van der Waals surface area contributed by atoms with Gasteiger partial charge in [0.25, 0.3) is 0 Å². The maximum atomic E-state index is 11.4. The van der Waals surface area contributed by atoms with Crippen LogP contribution in [0.1, 0.15) is 65.4 Å². The molecule has 1 aromatic carbocycles. The lowest BCUT2D eigenvalue weighted by atomic mass is 10.0. The normalized spacial score (nSPS) is 13.4. The van der Waals surface area contributed by atoms with Crippen LogP contribution in [0, 0.1) is 0 Å². The molecule has 6 heteroatoms. The van der Waals surface area contributed by atoms with Crippen LogP contribution >= 0.6 is 0 Å². The summed E-state index contributed by atoms with van der Waals surface area (Å²) >= 11 is 0. The van der Waals surface area contributed by atoms with Gasteiger partial charge in [0.05, 0.1) is 17.1 Å². The number of para-hydroxylation sites is 2. The second-order valence-corrected chi connectivity index (χ2v) is 7.78. The number of carbonyl (C=O) groups is 1. The van der Waals surface area contributed by atoms with Gasteiger partial charge >= 0.3 is 6.09 Å². The molecule has 0 fully saturated rings. The van der Waals surface area contributed by atoms with Crippen LogP contribution in [-0.2, 0) is 0 Å². The SMILES string of the molecule is CC(C)n1c(C(N)CCCN(C(=O)O)C(C)(C)C)nc2ccccc21. The van der Waals surface area contributed by atoms with Gasteiger partial charge in [0.15, 0.2) is 0 Å². The van der Waals surface area contributed by atoms with Gasteiger partial charge in [-0.3, -0.25) is 0 Å². The maximum absolute atomic E-state index is 11.4. The monoisotopic (exact) mass is 346 g/mol. The van der Waals surface area contributed by atoms with Gasteiger partial charge in [0, 0.05) is 18.1 Å². The Kier molecular flexibility index (Phi) is 5.72. The Labute approximate surface area is 149 Å². The number of imidazole rings is 1. The van der Waals surface area contributed by atoms with E-state index in [0.717, 1.165) is 16.9 Å². The van der Waals surface area contributed by atoms with E-state index in [1.807, 2.05) is 39.0 Å². The minimum absolute atomic E-state index is 0.217. The predicted molar refractivity (Wildman–Crippen MR) is 101 cm³/mol. The molecule has 0 radical (unpaired) electrons. The Morgan fingerprint density at radius 2 is 1.96 bits per heavy atom. The van der Waals surface area contributed by atoms with Crippen LogP contribution < -0.4 is 5.73 Å². The molecule has 0 bridgehead atoms. The number of amides is 1. The van der Waals surface area contributed by atoms with E-state index in [4.69, 9.17) is 10.7 Å². The Hall–Kier alpha value is -2.08. The summed E-state index contributed by atoms with van der Waals surface area (Å²) in [4.78, 5) is 17.6. The van der Waals surface area contributed by atoms with Crippen molar-refractivity contribution in [3.05, 3.63) is 30.1 Å². The molecule has 1 atom stereocenters. The third-order valence-corrected chi connectivity index (χ3v) is 4.41. The number of aromatic nitrogens is 2. The Morgan fingerprint density at radius 3 is 2.52 bits per heavy atom. The Balaban J connectivity index is 2.13. The molecule has 1 aromatic heterocycles. The van der Waals surface area contributed by atoms with Gasteiger partial charge in [0.1, 0.15) is 5.82 Å². The second-order valence-electron chi connectivity index (χ2n) is 7.78. The van der Waals surface area contributed by atoms with Gasteiger partial charge in [-0.15, -0.1) is 0 Å². The lowest BCUT2D eigenvalue weighted by Crippen LogP contribution is -2.45. The summed E-state index contributed by atoms with van der Waals surface area (Å²) in [6.45, 7) is 10.4. The van der Waals surface area contributed by atoms with Crippen LogP contribution in [0.3, 0.4) is 0 Å². The highest BCUT2D eigenvalue weighted by Gasteiger charge is 2.26. The highest BCUT2D eigenvalue weighted by Crippen LogP contribution is 2.26. The summed E-state index contributed by atoms with van der Waals surface area (Å²) in [7, 11) is 0. The number of fused-ring (bicyclic) bond motifs is 1. The fraction of sp³-hybridized carbons (Fsp3) is 0.579. The van der Waals surface area contributed by atoms with Gasteiger partial charge in [-0.2, -0.15) is 0 Å². The van der Waals surface area contributed by atoms with E-state index < -0.39 is 11.6 Å². The smallest absolute Gasteiger partial charge is 0.407 e. The van der Waals surface area contributed by atoms with Gasteiger partial charge in [0.2, 0.25) is 0 Å². The van der Waals surface area contributed by atoms with Gasteiger partial charge in [-0.05, 0) is 59.6 Å². The van der Waals surface area contributed by atoms with Crippen molar-refractivity contribution in [2.24, 2.45) is 5.73 Å². The number of carboxylic acid groups (broad SMARTS) is 1. The molecule has 25 heavy (non-hydrogen) atoms. The van der Waals surface area contributed by atoms with Crippen molar-refractivity contribution in [2.75, 3.05) is 6.54 Å². The first-order chi connectivity index (χ1) is 11.6. The molecule has 0 aliphatic rings. The van der Waals surface area contributed by atoms with Crippen LogP contribution in [0.5, 0.6) is 0 Å². The van der Waals surface area contributed by atoms with Gasteiger partial charge in [-0.25, -0.2) is 9.78 Å². The molecule has 0 aliphatic carbocycles. The van der Waals surface area contributed by atoms with Crippen molar-refractivity contribution < 1.29 is 9.90 Å². The lowest BCUT2D eigenvalue weighted by molar-refractivity contribution is 0.0986. The van der Waals surface area contributed by atoms with E-state index >= 15 is 0 Å². The van der Waals surface area contributed by atoms with Crippen LogP contribution in [0.2, 0.25) is 0 Å². The molecule has 0 saturated carbocycles. The number of hydrogen-bond donors (Lipinski definition) is 2. The minimum Gasteiger partial charge on any atom is -0.465 e. The summed E-state index contributed by atoms with van der Waals surface area (Å²) in [5.41, 5.74) is 8.04. The molecule has 0 aliphatic heterocycles. The molecule has 6 nitrogen and oxygen atoms in total. The summed E-state index contributed by atoms with van der Waals surface area (Å²) in [5.74, 6) is 0.869. The van der Waals surface area contributed by atoms with Crippen LogP contribution in [0.15, 0.2) is 24.3 Å². The van der Waals surface area contributed by atoms with Crippen LogP contribution in [-0.4, -0.2) is 37.7 Å². The minimum atomic E-state index is -0.893. The Bertz CT molecular complexity index is 731. The zero-order valence-electron chi connectivity index (χ0n) is 15.9. The molecule has 2 rings (SSSR count). The number of hydrogen-bond acceptors (Lipinski definition) is 3. The van der Waals surface area contributed by atoms with Crippen molar-refractivity contribution in [2.45, 2.75) is 65.1 Å². The molecular formula is C19H30N4O2. The van der Waals surface area contributed by atoms with Crippen molar-refractivity contribution in [1.29, 1.82) is 0 Å². The average Bonchev–Trinajstić information content (AvgIpc) is 2.89. The summed E-state index contributed by atoms with van der Waals surface area (Å²) in [6.07, 6.45) is 0.498. The number of rotatable bonds is 6. The summed E-state index contributed by atoms with van der Waals surface area (Å²) in [5, 5.41) is 9.38.